The van der Waals surface area contributed by atoms with Crippen LogP contribution in [-0.4, -0.2) is 5.11 Å². The maximum absolute atomic E-state index is 10.3. The van der Waals surface area contributed by atoms with Crippen LogP contribution in [-0.2, 0) is 0 Å². The summed E-state index contributed by atoms with van der Waals surface area (Å²) in [7, 11) is 0. The Labute approximate surface area is 106 Å². The van der Waals surface area contributed by atoms with Crippen LogP contribution in [0.1, 0.15) is 44.1 Å². The van der Waals surface area contributed by atoms with Crippen molar-refractivity contribution in [1.29, 1.82) is 0 Å². The number of thiophene rings is 1. The molecule has 1 N–H and O–H groups in total. The second-order valence-electron chi connectivity index (χ2n) is 5.11. The molecule has 1 aliphatic carbocycles. The first-order chi connectivity index (χ1) is 7.59. The molecule has 1 nitrogen and oxygen atoms in total. The summed E-state index contributed by atoms with van der Waals surface area (Å²) >= 11 is 7.64. The van der Waals surface area contributed by atoms with Gasteiger partial charge in [-0.2, -0.15) is 0 Å². The Hall–Kier alpha value is -0.0500. The first-order valence-electron chi connectivity index (χ1n) is 6.00. The Bertz CT molecular complexity index is 349. The van der Waals surface area contributed by atoms with E-state index >= 15 is 0 Å². The fourth-order valence-electron chi connectivity index (χ4n) is 2.61. The van der Waals surface area contributed by atoms with Gasteiger partial charge in [-0.3, -0.25) is 0 Å². The first-order valence-corrected chi connectivity index (χ1v) is 7.26. The zero-order chi connectivity index (χ0) is 11.7. The predicted octanol–water partition coefficient (Wildman–Crippen LogP) is 4.51. The lowest BCUT2D eigenvalue weighted by molar-refractivity contribution is 0.0586. The van der Waals surface area contributed by atoms with Crippen LogP contribution in [0.25, 0.3) is 0 Å². The summed E-state index contributed by atoms with van der Waals surface area (Å²) in [5, 5.41) is 13.0. The van der Waals surface area contributed by atoms with E-state index in [-0.39, 0.29) is 6.10 Å². The molecule has 2 rings (SSSR count). The van der Waals surface area contributed by atoms with E-state index < -0.39 is 0 Å². The van der Waals surface area contributed by atoms with Crippen molar-refractivity contribution in [3.8, 4) is 0 Å². The Kier molecular flexibility index (Phi) is 3.93. The van der Waals surface area contributed by atoms with Crippen molar-refractivity contribution in [1.82, 2.24) is 0 Å². The minimum atomic E-state index is -0.359. The molecule has 16 heavy (non-hydrogen) atoms. The molecule has 4 unspecified atom stereocenters. The van der Waals surface area contributed by atoms with E-state index in [1.165, 1.54) is 6.42 Å². The molecule has 0 spiro atoms. The van der Waals surface area contributed by atoms with Crippen molar-refractivity contribution in [2.75, 3.05) is 0 Å². The van der Waals surface area contributed by atoms with E-state index in [0.717, 1.165) is 28.7 Å². The van der Waals surface area contributed by atoms with Crippen LogP contribution in [0.2, 0.25) is 5.02 Å². The van der Waals surface area contributed by atoms with Crippen LogP contribution in [0.5, 0.6) is 0 Å². The molecule has 3 heteroatoms. The van der Waals surface area contributed by atoms with Gasteiger partial charge >= 0.3 is 0 Å². The lowest BCUT2D eigenvalue weighted by Gasteiger charge is -2.34. The van der Waals surface area contributed by atoms with E-state index in [9.17, 15) is 5.11 Å². The molecule has 1 heterocycles. The van der Waals surface area contributed by atoms with Crippen molar-refractivity contribution in [2.45, 2.75) is 39.2 Å². The molecule has 0 aliphatic heterocycles. The summed E-state index contributed by atoms with van der Waals surface area (Å²) in [5.74, 6) is 1.90. The minimum absolute atomic E-state index is 0.359. The molecule has 0 bridgehead atoms. The summed E-state index contributed by atoms with van der Waals surface area (Å²) in [6, 6.07) is 1.87. The highest BCUT2D eigenvalue weighted by molar-refractivity contribution is 7.10. The Morgan fingerprint density at radius 3 is 2.69 bits per heavy atom. The van der Waals surface area contributed by atoms with Crippen molar-refractivity contribution in [3.05, 3.63) is 21.3 Å². The van der Waals surface area contributed by atoms with E-state index in [1.54, 1.807) is 11.3 Å². The predicted molar refractivity (Wildman–Crippen MR) is 70.0 cm³/mol. The minimum Gasteiger partial charge on any atom is -0.387 e. The summed E-state index contributed by atoms with van der Waals surface area (Å²) < 4.78 is 0. The highest BCUT2D eigenvalue weighted by atomic mass is 35.5. The topological polar surface area (TPSA) is 20.2 Å². The van der Waals surface area contributed by atoms with E-state index in [1.807, 2.05) is 11.4 Å². The Morgan fingerprint density at radius 1 is 1.38 bits per heavy atom. The number of hydrogen-bond acceptors (Lipinski definition) is 2. The molecule has 1 fully saturated rings. The molecule has 90 valence electrons. The van der Waals surface area contributed by atoms with E-state index in [4.69, 9.17) is 11.6 Å². The molecular weight excluding hydrogens is 240 g/mol. The van der Waals surface area contributed by atoms with Gasteiger partial charge in [-0.05, 0) is 42.0 Å². The molecule has 0 saturated heterocycles. The van der Waals surface area contributed by atoms with Crippen LogP contribution in [0, 0.1) is 17.8 Å². The zero-order valence-electron chi connectivity index (χ0n) is 9.82. The van der Waals surface area contributed by atoms with Crippen LogP contribution in [0.4, 0.5) is 0 Å². The largest absolute Gasteiger partial charge is 0.387 e. The third-order valence-electron chi connectivity index (χ3n) is 4.00. The average molecular weight is 259 g/mol. The van der Waals surface area contributed by atoms with Gasteiger partial charge in [0, 0.05) is 0 Å². The van der Waals surface area contributed by atoms with Gasteiger partial charge in [0.25, 0.3) is 0 Å². The van der Waals surface area contributed by atoms with Gasteiger partial charge in [0.2, 0.25) is 0 Å². The molecule has 1 aliphatic rings. The van der Waals surface area contributed by atoms with Gasteiger partial charge in [-0.25, -0.2) is 0 Å². The molecule has 1 aromatic heterocycles. The number of halogens is 1. The van der Waals surface area contributed by atoms with Crippen LogP contribution < -0.4 is 0 Å². The number of rotatable bonds is 2. The first kappa shape index (κ1) is 12.4. The Morgan fingerprint density at radius 2 is 2.12 bits per heavy atom. The normalized spacial score (nSPS) is 32.6. The summed E-state index contributed by atoms with van der Waals surface area (Å²) in [5.41, 5.74) is 0. The zero-order valence-corrected chi connectivity index (χ0v) is 11.4. The van der Waals surface area contributed by atoms with Crippen LogP contribution >= 0.6 is 22.9 Å². The van der Waals surface area contributed by atoms with Crippen molar-refractivity contribution in [3.63, 3.8) is 0 Å². The maximum atomic E-state index is 10.3. The average Bonchev–Trinajstić information content (AvgIpc) is 2.67. The fraction of sp³-hybridized carbons (Fsp3) is 0.692. The van der Waals surface area contributed by atoms with Crippen LogP contribution in [0.15, 0.2) is 11.4 Å². The second-order valence-corrected chi connectivity index (χ2v) is 6.46. The summed E-state index contributed by atoms with van der Waals surface area (Å²) in [6.45, 7) is 4.60. The van der Waals surface area contributed by atoms with Gasteiger partial charge in [0.05, 0.1) is 16.0 Å². The Balaban J connectivity index is 2.06. The monoisotopic (exact) mass is 258 g/mol. The molecule has 0 amide bonds. The molecule has 1 saturated carbocycles. The molecule has 0 radical (unpaired) electrons. The quantitative estimate of drug-likeness (QED) is 0.828. The van der Waals surface area contributed by atoms with Gasteiger partial charge in [0.1, 0.15) is 0 Å². The van der Waals surface area contributed by atoms with Gasteiger partial charge in [-0.15, -0.1) is 11.3 Å². The summed E-state index contributed by atoms with van der Waals surface area (Å²) in [4.78, 5) is 0.952. The number of aliphatic hydroxyl groups is 1. The third kappa shape index (κ3) is 2.44. The lowest BCUT2D eigenvalue weighted by Crippen LogP contribution is -2.24. The molecule has 0 aromatic carbocycles. The molecule has 4 atom stereocenters. The fourth-order valence-corrected chi connectivity index (χ4v) is 3.85. The summed E-state index contributed by atoms with van der Waals surface area (Å²) in [6.07, 6.45) is 3.12. The maximum Gasteiger partial charge on any atom is 0.0925 e. The van der Waals surface area contributed by atoms with E-state index in [0.29, 0.717) is 11.8 Å². The highest BCUT2D eigenvalue weighted by Crippen LogP contribution is 2.42. The number of aliphatic hydroxyl groups excluding tert-OH is 1. The van der Waals surface area contributed by atoms with Gasteiger partial charge in [0.15, 0.2) is 0 Å². The van der Waals surface area contributed by atoms with Gasteiger partial charge < -0.3 is 5.11 Å². The molecular formula is C13H19ClOS. The van der Waals surface area contributed by atoms with Crippen LogP contribution in [0.3, 0.4) is 0 Å². The smallest absolute Gasteiger partial charge is 0.0925 e. The number of hydrogen-bond donors (Lipinski definition) is 1. The van der Waals surface area contributed by atoms with Crippen molar-refractivity contribution < 1.29 is 5.11 Å². The molecule has 1 aromatic rings. The van der Waals surface area contributed by atoms with Gasteiger partial charge in [-0.1, -0.05) is 31.9 Å². The van der Waals surface area contributed by atoms with Crippen molar-refractivity contribution in [2.24, 2.45) is 17.8 Å². The third-order valence-corrected chi connectivity index (χ3v) is 5.43. The SMILES string of the molecule is CC1CCC(C(O)c2sccc2Cl)CC1C. The standard InChI is InChI=1S/C13H19ClOS/c1-8-3-4-10(7-9(8)2)12(15)13-11(14)5-6-16-13/h5-6,8-10,12,15H,3-4,7H2,1-2H3. The second kappa shape index (κ2) is 5.07. The van der Waals surface area contributed by atoms with Crippen molar-refractivity contribution >= 4 is 22.9 Å². The lowest BCUT2D eigenvalue weighted by atomic mass is 9.74. The highest BCUT2D eigenvalue weighted by Gasteiger charge is 2.31. The van der Waals surface area contributed by atoms with E-state index in [2.05, 4.69) is 13.8 Å².